The second kappa shape index (κ2) is 16.1. The Hall–Kier alpha value is -4.46. The Kier molecular flexibility index (Phi) is 12.2. The van der Waals surface area contributed by atoms with Crippen molar-refractivity contribution in [2.45, 2.75) is 9.79 Å². The lowest BCUT2D eigenvalue weighted by atomic mass is 10.2. The average molecular weight is 823 g/mol. The Bertz CT molecular complexity index is 1980. The number of rotatable bonds is 13. The van der Waals surface area contributed by atoms with Crippen molar-refractivity contribution in [3.8, 4) is 11.5 Å². The molecule has 0 saturated carbocycles. The van der Waals surface area contributed by atoms with E-state index in [0.717, 1.165) is 24.6 Å². The molecule has 250 valence electrons. The van der Waals surface area contributed by atoms with Gasteiger partial charge in [-0.2, -0.15) is 10.2 Å². The summed E-state index contributed by atoms with van der Waals surface area (Å²) in [5.41, 5.74) is 5.56. The third-order valence-corrected chi connectivity index (χ3v) is 10.2. The molecule has 48 heavy (non-hydrogen) atoms. The molecule has 0 bridgehead atoms. The third-order valence-electron chi connectivity index (χ3n) is 6.25. The van der Waals surface area contributed by atoms with E-state index in [1.807, 2.05) is 0 Å². The molecule has 0 radical (unpaired) electrons. The van der Waals surface area contributed by atoms with Gasteiger partial charge in [0.05, 0.1) is 22.2 Å². The summed E-state index contributed by atoms with van der Waals surface area (Å²) in [5, 5.41) is 28.2. The van der Waals surface area contributed by atoms with Gasteiger partial charge in [-0.25, -0.2) is 37.1 Å². The number of sulfonamides is 2. The number of hydrazone groups is 2. The van der Waals surface area contributed by atoms with Crippen molar-refractivity contribution in [2.75, 3.05) is 13.1 Å². The van der Waals surface area contributed by atoms with Gasteiger partial charge in [0.2, 0.25) is 20.0 Å². The Morgan fingerprint density at radius 3 is 1.38 bits per heavy atom. The Balaban J connectivity index is 1.28. The predicted molar refractivity (Wildman–Crippen MR) is 185 cm³/mol. The number of carbonyl (C=O) groups excluding carboxylic acids is 2. The lowest BCUT2D eigenvalue weighted by Crippen LogP contribution is -2.34. The molecule has 0 aliphatic carbocycles. The zero-order chi connectivity index (χ0) is 34.9. The highest BCUT2D eigenvalue weighted by molar-refractivity contribution is 9.10. The summed E-state index contributed by atoms with van der Waals surface area (Å²) in [6, 6.07) is 20.1. The first-order valence-electron chi connectivity index (χ1n) is 13.6. The minimum atomic E-state index is -4.15. The quantitative estimate of drug-likeness (QED) is 0.0666. The van der Waals surface area contributed by atoms with Crippen LogP contribution in [0.5, 0.6) is 11.5 Å². The Morgan fingerprint density at radius 1 is 0.625 bits per heavy atom. The molecular weight excluding hydrogens is 796 g/mol. The minimum Gasteiger partial charge on any atom is -0.507 e. The monoisotopic (exact) mass is 820 g/mol. The van der Waals surface area contributed by atoms with Gasteiger partial charge in [-0.3, -0.25) is 9.59 Å². The molecule has 0 saturated heterocycles. The molecule has 2 amide bonds. The highest BCUT2D eigenvalue weighted by Gasteiger charge is 2.18. The topological polar surface area (TPSA) is 216 Å². The van der Waals surface area contributed by atoms with Crippen molar-refractivity contribution in [1.82, 2.24) is 20.3 Å². The van der Waals surface area contributed by atoms with E-state index in [1.54, 1.807) is 48.5 Å². The lowest BCUT2D eigenvalue weighted by molar-refractivity contribution is 0.0947. The van der Waals surface area contributed by atoms with Crippen LogP contribution in [0.3, 0.4) is 0 Å². The van der Waals surface area contributed by atoms with Crippen LogP contribution in [-0.4, -0.2) is 64.4 Å². The summed E-state index contributed by atoms with van der Waals surface area (Å²) in [5.74, 6) is -1.85. The highest BCUT2D eigenvalue weighted by atomic mass is 79.9. The summed E-state index contributed by atoms with van der Waals surface area (Å²) in [6.45, 7) is -0.691. The standard InChI is InChI=1S/C30H26Br2N6O8S2/c31-23-5-1-3-19(13-23)29(41)37-33-17-21-7-9-25(15-27(21)39)47(43,44)35-11-12-36-48(45,46)26-10-8-22(28(40)16-26)18-34-38-30(42)20-4-2-6-24(32)14-20/h1-10,13-18,35-36,39-40H,11-12H2,(H,37,41)(H,38,42)/b33-17+,34-18+. The van der Waals surface area contributed by atoms with E-state index in [1.165, 1.54) is 24.3 Å². The van der Waals surface area contributed by atoms with Crippen LogP contribution < -0.4 is 20.3 Å². The molecule has 4 rings (SSSR count). The first-order valence-corrected chi connectivity index (χ1v) is 18.1. The second-order valence-electron chi connectivity index (χ2n) is 9.66. The fourth-order valence-electron chi connectivity index (χ4n) is 3.85. The SMILES string of the molecule is O=C(N/N=C/c1ccc(S(=O)(=O)NCCNS(=O)(=O)c2ccc(/C=N/NC(=O)c3cccc(Br)c3)c(O)c2)cc1O)c1cccc(Br)c1. The van der Waals surface area contributed by atoms with E-state index >= 15 is 0 Å². The van der Waals surface area contributed by atoms with Crippen molar-refractivity contribution in [1.29, 1.82) is 0 Å². The summed E-state index contributed by atoms with van der Waals surface area (Å²) in [4.78, 5) is 23.8. The van der Waals surface area contributed by atoms with Crippen LogP contribution in [0.2, 0.25) is 0 Å². The molecule has 0 heterocycles. The predicted octanol–water partition coefficient (Wildman–Crippen LogP) is 3.41. The van der Waals surface area contributed by atoms with E-state index < -0.39 is 43.4 Å². The van der Waals surface area contributed by atoms with Crippen LogP contribution in [-0.2, 0) is 20.0 Å². The van der Waals surface area contributed by atoms with Crippen LogP contribution in [0.25, 0.3) is 0 Å². The van der Waals surface area contributed by atoms with Crippen LogP contribution >= 0.6 is 31.9 Å². The number of carbonyl (C=O) groups is 2. The highest BCUT2D eigenvalue weighted by Crippen LogP contribution is 2.22. The molecule has 0 fully saturated rings. The molecule has 0 aromatic heterocycles. The molecule has 18 heteroatoms. The number of nitrogens with one attached hydrogen (secondary N) is 4. The number of halogens is 2. The molecule has 0 spiro atoms. The Labute approximate surface area is 292 Å². The molecule has 6 N–H and O–H groups in total. The maximum atomic E-state index is 12.7. The minimum absolute atomic E-state index is 0.127. The van der Waals surface area contributed by atoms with Gasteiger partial charge >= 0.3 is 0 Å². The molecule has 0 unspecified atom stereocenters. The van der Waals surface area contributed by atoms with E-state index in [4.69, 9.17) is 0 Å². The van der Waals surface area contributed by atoms with Gasteiger partial charge in [-0.15, -0.1) is 0 Å². The fourth-order valence-corrected chi connectivity index (χ4v) is 6.75. The maximum Gasteiger partial charge on any atom is 0.271 e. The van der Waals surface area contributed by atoms with Gasteiger partial charge in [0, 0.05) is 56.4 Å². The number of aromatic hydroxyl groups is 2. The first-order chi connectivity index (χ1) is 22.7. The second-order valence-corrected chi connectivity index (χ2v) is 15.0. The molecular formula is C30H26Br2N6O8S2. The van der Waals surface area contributed by atoms with Crippen LogP contribution in [0, 0.1) is 0 Å². The van der Waals surface area contributed by atoms with E-state index in [9.17, 15) is 36.6 Å². The molecule has 4 aromatic carbocycles. The van der Waals surface area contributed by atoms with Crippen molar-refractivity contribution < 1.29 is 36.6 Å². The van der Waals surface area contributed by atoms with Gasteiger partial charge < -0.3 is 10.2 Å². The third kappa shape index (κ3) is 10.0. The number of nitrogens with zero attached hydrogens (tertiary/aromatic N) is 2. The zero-order valence-corrected chi connectivity index (χ0v) is 29.3. The zero-order valence-electron chi connectivity index (χ0n) is 24.5. The maximum absolute atomic E-state index is 12.7. The molecule has 0 atom stereocenters. The summed E-state index contributed by atoms with van der Waals surface area (Å²) < 4.78 is 56.7. The van der Waals surface area contributed by atoms with E-state index in [-0.39, 0.29) is 34.0 Å². The van der Waals surface area contributed by atoms with E-state index in [2.05, 4.69) is 62.4 Å². The largest absolute Gasteiger partial charge is 0.507 e. The summed E-state index contributed by atoms with van der Waals surface area (Å²) in [7, 11) is -8.31. The summed E-state index contributed by atoms with van der Waals surface area (Å²) in [6.07, 6.45) is 2.29. The number of phenolic OH excluding ortho intramolecular Hbond substituents is 2. The van der Waals surface area contributed by atoms with Crippen LogP contribution in [0.1, 0.15) is 31.8 Å². The molecule has 0 aliphatic rings. The van der Waals surface area contributed by atoms with Crippen molar-refractivity contribution in [3.63, 3.8) is 0 Å². The number of benzene rings is 4. The number of hydrogen-bond donors (Lipinski definition) is 6. The van der Waals surface area contributed by atoms with Gasteiger partial charge in [0.25, 0.3) is 11.8 Å². The van der Waals surface area contributed by atoms with Crippen molar-refractivity contribution in [2.24, 2.45) is 10.2 Å². The van der Waals surface area contributed by atoms with Gasteiger partial charge in [-0.05, 0) is 60.7 Å². The van der Waals surface area contributed by atoms with Crippen molar-refractivity contribution >= 4 is 76.2 Å². The van der Waals surface area contributed by atoms with Crippen molar-refractivity contribution in [3.05, 3.63) is 116 Å². The van der Waals surface area contributed by atoms with Gasteiger partial charge in [0.15, 0.2) is 0 Å². The van der Waals surface area contributed by atoms with Crippen LogP contribution in [0.15, 0.2) is 114 Å². The smallest absolute Gasteiger partial charge is 0.271 e. The van der Waals surface area contributed by atoms with Crippen LogP contribution in [0.4, 0.5) is 0 Å². The number of amides is 2. The normalized spacial score (nSPS) is 12.0. The lowest BCUT2D eigenvalue weighted by Gasteiger charge is -2.10. The van der Waals surface area contributed by atoms with E-state index in [0.29, 0.717) is 20.1 Å². The van der Waals surface area contributed by atoms with Gasteiger partial charge in [-0.1, -0.05) is 44.0 Å². The fraction of sp³-hybridized carbons (Fsp3) is 0.0667. The Morgan fingerprint density at radius 2 is 1.02 bits per heavy atom. The number of hydrogen-bond acceptors (Lipinski definition) is 10. The average Bonchev–Trinajstić information content (AvgIpc) is 3.04. The molecule has 14 nitrogen and oxygen atoms in total. The molecule has 0 aliphatic heterocycles. The number of phenols is 2. The molecule has 4 aromatic rings. The summed E-state index contributed by atoms with van der Waals surface area (Å²) >= 11 is 6.54. The first kappa shape index (κ1) is 36.4. The van der Waals surface area contributed by atoms with Gasteiger partial charge in [0.1, 0.15) is 11.5 Å².